The predicted octanol–water partition coefficient (Wildman–Crippen LogP) is 4.44. The molecule has 0 aromatic heterocycles. The molecule has 0 unspecified atom stereocenters. The predicted molar refractivity (Wildman–Crippen MR) is 71.8 cm³/mol. The van der Waals surface area contributed by atoms with Gasteiger partial charge in [0.2, 0.25) is 0 Å². The molecule has 0 aromatic carbocycles. The largest absolute Gasteiger partial charge is 0.275 e. The lowest BCUT2D eigenvalue weighted by Gasteiger charge is -2.01. The Bertz CT molecular complexity index is 233. The Morgan fingerprint density at radius 2 is 2.13 bits per heavy atom. The van der Waals surface area contributed by atoms with Crippen molar-refractivity contribution in [2.45, 2.75) is 63.5 Å². The van der Waals surface area contributed by atoms with Gasteiger partial charge in [0.15, 0.2) is 0 Å². The zero-order valence-electron chi connectivity index (χ0n) is 10.2. The van der Waals surface area contributed by atoms with E-state index in [-0.39, 0.29) is 0 Å². The Kier molecular flexibility index (Phi) is 6.07. The number of hydrogen-bond donors (Lipinski definition) is 0. The van der Waals surface area contributed by atoms with Crippen LogP contribution in [0, 0.1) is 0 Å². The molecule has 0 bridgehead atoms. The van der Waals surface area contributed by atoms with Crippen molar-refractivity contribution in [1.82, 2.24) is 0 Å². The summed E-state index contributed by atoms with van der Waals surface area (Å²) in [4.78, 5) is 4.60. The quantitative estimate of drug-likeness (QED) is 0.481. The third kappa shape index (κ3) is 4.87. The first-order chi connectivity index (χ1) is 7.24. The molecule has 0 N–H and O–H groups in total. The molecule has 0 saturated heterocycles. The minimum atomic E-state index is 0.395. The molecule has 1 rings (SSSR count). The highest BCUT2D eigenvalue weighted by atomic mass is 32.2. The van der Waals surface area contributed by atoms with E-state index in [1.54, 1.807) is 0 Å². The fourth-order valence-corrected chi connectivity index (χ4v) is 2.74. The molecule has 86 valence electrons. The number of unbranched alkanes of at least 4 members (excludes halogenated alkanes) is 4. The van der Waals surface area contributed by atoms with Gasteiger partial charge in [-0.05, 0) is 26.7 Å². The highest BCUT2D eigenvalue weighted by Crippen LogP contribution is 2.28. The van der Waals surface area contributed by atoms with E-state index >= 15 is 0 Å². The molecule has 0 amide bonds. The molecule has 2 atom stereocenters. The second-order valence-electron chi connectivity index (χ2n) is 4.22. The highest BCUT2D eigenvalue weighted by Gasteiger charge is 2.19. The maximum atomic E-state index is 4.60. The molecule has 0 radical (unpaired) electrons. The van der Waals surface area contributed by atoms with E-state index in [1.807, 2.05) is 11.8 Å². The fourth-order valence-electron chi connectivity index (χ4n) is 1.63. The molecule has 0 aliphatic carbocycles. The van der Waals surface area contributed by atoms with Crippen LogP contribution in [0.5, 0.6) is 0 Å². The second kappa shape index (κ2) is 7.10. The third-order valence-corrected chi connectivity index (χ3v) is 4.08. The molecule has 1 aliphatic heterocycles. The highest BCUT2D eigenvalue weighted by molar-refractivity contribution is 8.01. The topological polar surface area (TPSA) is 12.4 Å². The minimum Gasteiger partial charge on any atom is -0.275 e. The van der Waals surface area contributed by atoms with Gasteiger partial charge in [0.1, 0.15) is 5.37 Å². The van der Waals surface area contributed by atoms with Crippen LogP contribution in [0.2, 0.25) is 0 Å². The van der Waals surface area contributed by atoms with Gasteiger partial charge in [-0.2, -0.15) is 0 Å². The zero-order chi connectivity index (χ0) is 11.1. The summed E-state index contributed by atoms with van der Waals surface area (Å²) in [5, 5.41) is 1.01. The van der Waals surface area contributed by atoms with Crippen molar-refractivity contribution in [3.8, 4) is 0 Å². The first-order valence-electron chi connectivity index (χ1n) is 6.10. The van der Waals surface area contributed by atoms with Crippen molar-refractivity contribution in [2.24, 2.45) is 4.99 Å². The standard InChI is InChI=1S/C13H23NS/c1-4-5-6-7-8-9-10-13-14-11(2)12(3)15-13/h9-10,12-13H,4-8H2,1-3H3/b10-9+/t12-,13+/m0/s1. The number of hydrogen-bond acceptors (Lipinski definition) is 2. The van der Waals surface area contributed by atoms with Gasteiger partial charge in [-0.25, -0.2) is 0 Å². The first kappa shape index (κ1) is 12.8. The van der Waals surface area contributed by atoms with E-state index < -0.39 is 0 Å². The summed E-state index contributed by atoms with van der Waals surface area (Å²) in [5.41, 5.74) is 1.29. The summed E-state index contributed by atoms with van der Waals surface area (Å²) in [7, 11) is 0. The summed E-state index contributed by atoms with van der Waals surface area (Å²) in [5.74, 6) is 0. The van der Waals surface area contributed by atoms with Crippen LogP contribution in [0.4, 0.5) is 0 Å². The van der Waals surface area contributed by atoms with Crippen LogP contribution in [-0.4, -0.2) is 16.3 Å². The molecule has 0 fully saturated rings. The van der Waals surface area contributed by atoms with Crippen LogP contribution < -0.4 is 0 Å². The van der Waals surface area contributed by atoms with E-state index in [9.17, 15) is 0 Å². The Hall–Kier alpha value is -0.240. The lowest BCUT2D eigenvalue weighted by molar-refractivity contribution is 0.674. The number of nitrogens with zero attached hydrogens (tertiary/aromatic N) is 1. The molecule has 1 heterocycles. The van der Waals surface area contributed by atoms with Gasteiger partial charge in [-0.1, -0.05) is 38.3 Å². The summed E-state index contributed by atoms with van der Waals surface area (Å²) >= 11 is 1.95. The van der Waals surface area contributed by atoms with Crippen molar-refractivity contribution in [3.05, 3.63) is 12.2 Å². The van der Waals surface area contributed by atoms with Crippen LogP contribution in [0.3, 0.4) is 0 Å². The van der Waals surface area contributed by atoms with Gasteiger partial charge in [-0.3, -0.25) is 4.99 Å². The van der Waals surface area contributed by atoms with Gasteiger partial charge in [0, 0.05) is 11.0 Å². The smallest absolute Gasteiger partial charge is 0.114 e. The summed E-state index contributed by atoms with van der Waals surface area (Å²) in [6.45, 7) is 6.62. The normalized spacial score (nSPS) is 26.2. The number of rotatable bonds is 6. The number of aliphatic imine (C=N–C) groups is 1. The molecule has 2 heteroatoms. The Morgan fingerprint density at radius 3 is 2.73 bits per heavy atom. The molecular weight excluding hydrogens is 202 g/mol. The van der Waals surface area contributed by atoms with Crippen LogP contribution in [0.1, 0.15) is 52.9 Å². The minimum absolute atomic E-state index is 0.395. The van der Waals surface area contributed by atoms with Crippen LogP contribution >= 0.6 is 11.8 Å². The average Bonchev–Trinajstić information content (AvgIpc) is 2.52. The van der Waals surface area contributed by atoms with Crippen molar-refractivity contribution >= 4 is 17.5 Å². The molecule has 1 nitrogen and oxygen atoms in total. The van der Waals surface area contributed by atoms with Crippen molar-refractivity contribution in [3.63, 3.8) is 0 Å². The zero-order valence-corrected chi connectivity index (χ0v) is 11.0. The summed E-state index contributed by atoms with van der Waals surface area (Å²) in [6.07, 6.45) is 11.2. The van der Waals surface area contributed by atoms with E-state index in [1.165, 1.54) is 37.8 Å². The van der Waals surface area contributed by atoms with E-state index in [2.05, 4.69) is 37.9 Å². The molecule has 1 aliphatic rings. The lowest BCUT2D eigenvalue weighted by atomic mass is 10.1. The number of thioether (sulfide) groups is 1. The fraction of sp³-hybridized carbons (Fsp3) is 0.769. The van der Waals surface area contributed by atoms with Crippen molar-refractivity contribution in [1.29, 1.82) is 0 Å². The van der Waals surface area contributed by atoms with E-state index in [0.29, 0.717) is 10.6 Å². The monoisotopic (exact) mass is 225 g/mol. The van der Waals surface area contributed by atoms with Crippen molar-refractivity contribution in [2.75, 3.05) is 0 Å². The molecule has 0 saturated carbocycles. The Balaban J connectivity index is 2.11. The molecular formula is C13H23NS. The Labute approximate surface area is 98.4 Å². The van der Waals surface area contributed by atoms with Gasteiger partial charge in [0.05, 0.1) is 0 Å². The van der Waals surface area contributed by atoms with Gasteiger partial charge >= 0.3 is 0 Å². The summed E-state index contributed by atoms with van der Waals surface area (Å²) < 4.78 is 0. The first-order valence-corrected chi connectivity index (χ1v) is 7.04. The molecule has 15 heavy (non-hydrogen) atoms. The van der Waals surface area contributed by atoms with Gasteiger partial charge in [0.25, 0.3) is 0 Å². The Morgan fingerprint density at radius 1 is 1.33 bits per heavy atom. The van der Waals surface area contributed by atoms with Crippen LogP contribution in [-0.2, 0) is 0 Å². The van der Waals surface area contributed by atoms with Crippen molar-refractivity contribution < 1.29 is 0 Å². The lowest BCUT2D eigenvalue weighted by Crippen LogP contribution is -2.01. The van der Waals surface area contributed by atoms with Gasteiger partial charge in [-0.15, -0.1) is 11.8 Å². The maximum absolute atomic E-state index is 4.60. The maximum Gasteiger partial charge on any atom is 0.114 e. The van der Waals surface area contributed by atoms with Gasteiger partial charge < -0.3 is 0 Å². The van der Waals surface area contributed by atoms with E-state index in [4.69, 9.17) is 0 Å². The summed E-state index contributed by atoms with van der Waals surface area (Å²) in [6, 6.07) is 0. The molecule has 0 spiro atoms. The average molecular weight is 225 g/mol. The second-order valence-corrected chi connectivity index (χ2v) is 5.68. The SMILES string of the molecule is CCCCCC/C=C/[C@@H]1N=C(C)[C@H](C)S1. The van der Waals surface area contributed by atoms with E-state index in [0.717, 1.165) is 0 Å². The molecule has 0 aromatic rings. The third-order valence-electron chi connectivity index (χ3n) is 2.79. The van der Waals surface area contributed by atoms with Crippen LogP contribution in [0.25, 0.3) is 0 Å². The number of allylic oxidation sites excluding steroid dienone is 1. The van der Waals surface area contributed by atoms with Crippen LogP contribution in [0.15, 0.2) is 17.1 Å².